The second kappa shape index (κ2) is 7.53. The summed E-state index contributed by atoms with van der Waals surface area (Å²) in [7, 11) is 5.07. The van der Waals surface area contributed by atoms with E-state index in [2.05, 4.69) is 5.32 Å². The number of aryl methyl sites for hydroxylation is 1. The van der Waals surface area contributed by atoms with Gasteiger partial charge in [-0.3, -0.25) is 14.6 Å². The highest BCUT2D eigenvalue weighted by molar-refractivity contribution is 5.98. The van der Waals surface area contributed by atoms with Gasteiger partial charge in [0.05, 0.1) is 20.3 Å². The van der Waals surface area contributed by atoms with Crippen LogP contribution in [0.15, 0.2) is 12.1 Å². The summed E-state index contributed by atoms with van der Waals surface area (Å²) >= 11 is 0. The quantitative estimate of drug-likeness (QED) is 0.850. The molecule has 0 spiro atoms. The number of hydrogen-bond donors (Lipinski definition) is 1. The summed E-state index contributed by atoms with van der Waals surface area (Å²) in [5.74, 6) is 1.15. The lowest BCUT2D eigenvalue weighted by molar-refractivity contribution is -0.132. The van der Waals surface area contributed by atoms with Gasteiger partial charge in [0.25, 0.3) is 0 Å². The molecule has 0 unspecified atom stereocenters. The van der Waals surface area contributed by atoms with Crippen molar-refractivity contribution in [2.45, 2.75) is 26.4 Å². The third-order valence-corrected chi connectivity index (χ3v) is 4.40. The Morgan fingerprint density at radius 2 is 1.96 bits per heavy atom. The Bertz CT molecular complexity index is 633. The first-order valence-electron chi connectivity index (χ1n) is 7.90. The lowest BCUT2D eigenvalue weighted by Crippen LogP contribution is -2.46. The number of methoxy groups -OCH3 is 2. The highest BCUT2D eigenvalue weighted by Gasteiger charge is 2.31. The molecule has 1 aromatic carbocycles. The van der Waals surface area contributed by atoms with Gasteiger partial charge in [0.2, 0.25) is 5.91 Å². The molecule has 1 N–H and O–H groups in total. The Morgan fingerprint density at radius 1 is 1.33 bits per heavy atom. The van der Waals surface area contributed by atoms with Crippen LogP contribution in [0.2, 0.25) is 0 Å². The van der Waals surface area contributed by atoms with E-state index in [1.165, 1.54) is 4.90 Å². The number of hydrogen-bond acceptors (Lipinski definition) is 5. The second-order valence-corrected chi connectivity index (χ2v) is 5.95. The van der Waals surface area contributed by atoms with Gasteiger partial charge < -0.3 is 14.8 Å². The minimum atomic E-state index is -0.402. The van der Waals surface area contributed by atoms with Gasteiger partial charge in [-0.1, -0.05) is 0 Å². The van der Waals surface area contributed by atoms with Gasteiger partial charge in [-0.25, -0.2) is 4.79 Å². The minimum absolute atomic E-state index is 0.189. The normalized spacial score (nSPS) is 15.4. The number of carbonyl (C=O) groups is 2. The van der Waals surface area contributed by atoms with Crippen LogP contribution in [0.1, 0.15) is 18.1 Å². The van der Waals surface area contributed by atoms with Crippen molar-refractivity contribution in [1.82, 2.24) is 15.1 Å². The molecule has 1 aromatic rings. The number of imide groups is 1. The van der Waals surface area contributed by atoms with E-state index in [-0.39, 0.29) is 11.9 Å². The number of nitrogens with one attached hydrogen (secondary N) is 1. The van der Waals surface area contributed by atoms with Crippen LogP contribution in [-0.4, -0.2) is 62.1 Å². The van der Waals surface area contributed by atoms with Crippen molar-refractivity contribution < 1.29 is 19.1 Å². The summed E-state index contributed by atoms with van der Waals surface area (Å²) in [6, 6.07) is 3.12. The van der Waals surface area contributed by atoms with Gasteiger partial charge in [0, 0.05) is 19.6 Å². The molecule has 132 valence electrons. The molecular weight excluding hydrogens is 310 g/mol. The zero-order chi connectivity index (χ0) is 17.9. The Hall–Kier alpha value is -2.28. The van der Waals surface area contributed by atoms with Crippen molar-refractivity contribution in [3.05, 3.63) is 23.3 Å². The molecular formula is C17H25N3O4. The first-order valence-corrected chi connectivity index (χ1v) is 7.90. The maximum atomic E-state index is 12.5. The van der Waals surface area contributed by atoms with E-state index < -0.39 is 6.04 Å². The largest absolute Gasteiger partial charge is 0.493 e. The van der Waals surface area contributed by atoms with Crippen molar-refractivity contribution >= 4 is 11.9 Å². The minimum Gasteiger partial charge on any atom is -0.493 e. The molecule has 0 saturated carbocycles. The number of benzene rings is 1. The van der Waals surface area contributed by atoms with E-state index in [9.17, 15) is 9.59 Å². The van der Waals surface area contributed by atoms with Crippen LogP contribution in [0.5, 0.6) is 11.5 Å². The van der Waals surface area contributed by atoms with Crippen molar-refractivity contribution in [3.8, 4) is 11.5 Å². The maximum Gasteiger partial charge on any atom is 0.324 e. The molecule has 0 aromatic heterocycles. The average Bonchev–Trinajstić information content (AvgIpc) is 3.00. The molecule has 0 aliphatic carbocycles. The Balaban J connectivity index is 2.12. The van der Waals surface area contributed by atoms with Gasteiger partial charge in [-0.2, -0.15) is 0 Å². The van der Waals surface area contributed by atoms with Crippen molar-refractivity contribution in [3.63, 3.8) is 0 Å². The molecule has 1 aliphatic rings. The molecule has 7 heteroatoms. The van der Waals surface area contributed by atoms with Crippen LogP contribution in [0.3, 0.4) is 0 Å². The topological polar surface area (TPSA) is 71.1 Å². The number of nitrogens with zero attached hydrogens (tertiary/aromatic N) is 2. The third kappa shape index (κ3) is 3.62. The number of rotatable bonds is 6. The molecule has 0 radical (unpaired) electrons. The van der Waals surface area contributed by atoms with Gasteiger partial charge in [-0.15, -0.1) is 0 Å². The second-order valence-electron chi connectivity index (χ2n) is 5.95. The van der Waals surface area contributed by atoms with Gasteiger partial charge >= 0.3 is 6.03 Å². The van der Waals surface area contributed by atoms with Gasteiger partial charge in [-0.05, 0) is 44.2 Å². The molecule has 2 rings (SSSR count). The lowest BCUT2D eigenvalue weighted by atomic mass is 10.1. The predicted octanol–water partition coefficient (Wildman–Crippen LogP) is 1.38. The van der Waals surface area contributed by atoms with E-state index in [0.29, 0.717) is 31.1 Å². The Kier molecular flexibility index (Phi) is 5.66. The summed E-state index contributed by atoms with van der Waals surface area (Å²) < 4.78 is 10.6. The van der Waals surface area contributed by atoms with Gasteiger partial charge in [0.15, 0.2) is 11.5 Å². The summed E-state index contributed by atoms with van der Waals surface area (Å²) in [5, 5.41) is 2.65. The molecule has 1 aliphatic heterocycles. The molecule has 3 amide bonds. The Morgan fingerprint density at radius 3 is 2.50 bits per heavy atom. The zero-order valence-corrected chi connectivity index (χ0v) is 14.9. The molecule has 1 saturated heterocycles. The summed E-state index contributed by atoms with van der Waals surface area (Å²) in [6.45, 7) is 5.30. The van der Waals surface area contributed by atoms with Crippen molar-refractivity contribution in [2.75, 3.05) is 34.4 Å². The van der Waals surface area contributed by atoms with E-state index in [1.807, 2.05) is 37.9 Å². The smallest absolute Gasteiger partial charge is 0.324 e. The van der Waals surface area contributed by atoms with Crippen LogP contribution in [0.4, 0.5) is 4.79 Å². The molecule has 0 bridgehead atoms. The summed E-state index contributed by atoms with van der Waals surface area (Å²) in [6.07, 6.45) is 0. The van der Waals surface area contributed by atoms with Crippen LogP contribution in [0, 0.1) is 6.92 Å². The average molecular weight is 335 g/mol. The maximum absolute atomic E-state index is 12.5. The standard InChI is InChI=1S/C17H25N3O4/c1-11-8-14(23-4)15(24-5)9-13(11)10-19(3)12(2)16(21)20-7-6-18-17(20)22/h8-9,12H,6-7,10H2,1-5H3,(H,18,22)/t12-/m0/s1. The number of urea groups is 1. The van der Waals surface area contributed by atoms with Crippen molar-refractivity contribution in [2.24, 2.45) is 0 Å². The monoisotopic (exact) mass is 335 g/mol. The number of ether oxygens (including phenoxy) is 2. The number of likely N-dealkylation sites (N-methyl/N-ethyl adjacent to an activating group) is 1. The summed E-state index contributed by atoms with van der Waals surface area (Å²) in [5.41, 5.74) is 2.10. The fourth-order valence-corrected chi connectivity index (χ4v) is 2.69. The highest BCUT2D eigenvalue weighted by atomic mass is 16.5. The third-order valence-electron chi connectivity index (χ3n) is 4.40. The zero-order valence-electron chi connectivity index (χ0n) is 14.9. The first kappa shape index (κ1) is 18.1. The molecule has 1 fully saturated rings. The number of carbonyl (C=O) groups excluding carboxylic acids is 2. The summed E-state index contributed by atoms with van der Waals surface area (Å²) in [4.78, 5) is 27.3. The van der Waals surface area contributed by atoms with E-state index >= 15 is 0 Å². The fourth-order valence-electron chi connectivity index (χ4n) is 2.69. The van der Waals surface area contributed by atoms with Crippen LogP contribution < -0.4 is 14.8 Å². The highest BCUT2D eigenvalue weighted by Crippen LogP contribution is 2.30. The van der Waals surface area contributed by atoms with Crippen molar-refractivity contribution in [1.29, 1.82) is 0 Å². The van der Waals surface area contributed by atoms with E-state index in [4.69, 9.17) is 9.47 Å². The van der Waals surface area contributed by atoms with Crippen LogP contribution >= 0.6 is 0 Å². The predicted molar refractivity (Wildman–Crippen MR) is 90.3 cm³/mol. The molecule has 24 heavy (non-hydrogen) atoms. The molecule has 1 heterocycles. The molecule has 1 atom stereocenters. The first-order chi connectivity index (χ1) is 11.4. The van der Waals surface area contributed by atoms with Gasteiger partial charge in [0.1, 0.15) is 0 Å². The van der Waals surface area contributed by atoms with E-state index in [0.717, 1.165) is 11.1 Å². The van der Waals surface area contributed by atoms with Crippen LogP contribution in [-0.2, 0) is 11.3 Å². The fraction of sp³-hybridized carbons (Fsp3) is 0.529. The van der Waals surface area contributed by atoms with E-state index in [1.54, 1.807) is 14.2 Å². The Labute approximate surface area is 142 Å². The SMILES string of the molecule is COc1cc(C)c(CN(C)[C@@H](C)C(=O)N2CCNC2=O)cc1OC. The molecule has 7 nitrogen and oxygen atoms in total. The van der Waals surface area contributed by atoms with Crippen LogP contribution in [0.25, 0.3) is 0 Å². The number of amides is 3. The lowest BCUT2D eigenvalue weighted by Gasteiger charge is -2.27.